The third-order valence-corrected chi connectivity index (χ3v) is 4.12. The predicted octanol–water partition coefficient (Wildman–Crippen LogP) is 1.22. The van der Waals surface area contributed by atoms with Gasteiger partial charge in [0, 0.05) is 18.6 Å². The minimum Gasteiger partial charge on any atom is -0.394 e. The molecule has 0 radical (unpaired) electrons. The third-order valence-electron chi connectivity index (χ3n) is 4.12. The van der Waals surface area contributed by atoms with Gasteiger partial charge in [-0.05, 0) is 52.5 Å². The Labute approximate surface area is 99.2 Å². The van der Waals surface area contributed by atoms with Crippen LogP contribution in [0.3, 0.4) is 0 Å². The van der Waals surface area contributed by atoms with Crippen molar-refractivity contribution in [3.63, 3.8) is 0 Å². The summed E-state index contributed by atoms with van der Waals surface area (Å²) in [4.78, 5) is 2.35. The number of hydrogen-bond donors (Lipinski definition) is 2. The van der Waals surface area contributed by atoms with Crippen molar-refractivity contribution >= 4 is 0 Å². The first-order valence-electron chi connectivity index (χ1n) is 6.66. The minimum absolute atomic E-state index is 0.0276. The molecule has 3 heteroatoms. The molecule has 0 aromatic heterocycles. The number of rotatable bonds is 7. The summed E-state index contributed by atoms with van der Waals surface area (Å²) < 4.78 is 0. The van der Waals surface area contributed by atoms with E-state index in [1.807, 2.05) is 0 Å². The molecule has 2 rings (SSSR count). The summed E-state index contributed by atoms with van der Waals surface area (Å²) in [6.07, 6.45) is 5.15. The highest BCUT2D eigenvalue weighted by atomic mass is 16.3. The SMILES string of the molecule is CC(C)N(C)CC(CO)(NC1CC1)C1CC1. The monoisotopic (exact) mass is 226 g/mol. The van der Waals surface area contributed by atoms with Crippen molar-refractivity contribution in [2.45, 2.75) is 57.2 Å². The molecule has 2 aliphatic rings. The van der Waals surface area contributed by atoms with Gasteiger partial charge in [-0.15, -0.1) is 0 Å². The topological polar surface area (TPSA) is 35.5 Å². The number of aliphatic hydroxyl groups excluding tert-OH is 1. The van der Waals surface area contributed by atoms with E-state index in [0.717, 1.165) is 6.54 Å². The molecule has 1 unspecified atom stereocenters. The molecule has 2 fully saturated rings. The van der Waals surface area contributed by atoms with Gasteiger partial charge in [0.15, 0.2) is 0 Å². The summed E-state index contributed by atoms with van der Waals surface area (Å²) in [5.41, 5.74) is -0.0276. The Kier molecular flexibility index (Phi) is 3.57. The van der Waals surface area contributed by atoms with Crippen LogP contribution in [-0.2, 0) is 0 Å². The third kappa shape index (κ3) is 2.76. The summed E-state index contributed by atoms with van der Waals surface area (Å²) in [5.74, 6) is 0.694. The smallest absolute Gasteiger partial charge is 0.0628 e. The van der Waals surface area contributed by atoms with Crippen LogP contribution in [0, 0.1) is 5.92 Å². The van der Waals surface area contributed by atoms with Crippen molar-refractivity contribution in [1.29, 1.82) is 0 Å². The van der Waals surface area contributed by atoms with Gasteiger partial charge in [-0.25, -0.2) is 0 Å². The molecule has 16 heavy (non-hydrogen) atoms. The molecule has 0 amide bonds. The molecule has 0 aromatic carbocycles. The maximum atomic E-state index is 9.81. The van der Waals surface area contributed by atoms with E-state index in [9.17, 15) is 5.11 Å². The maximum absolute atomic E-state index is 9.81. The van der Waals surface area contributed by atoms with Gasteiger partial charge in [0.1, 0.15) is 0 Å². The van der Waals surface area contributed by atoms with E-state index in [4.69, 9.17) is 0 Å². The van der Waals surface area contributed by atoms with Gasteiger partial charge in [-0.3, -0.25) is 0 Å². The standard InChI is InChI=1S/C13H26N2O/c1-10(2)15(3)8-13(9-16,11-4-5-11)14-12-6-7-12/h10-12,14,16H,4-9H2,1-3H3. The Morgan fingerprint density at radius 3 is 2.31 bits per heavy atom. The molecule has 0 spiro atoms. The molecule has 1 atom stereocenters. The van der Waals surface area contributed by atoms with E-state index in [1.165, 1.54) is 25.7 Å². The minimum atomic E-state index is -0.0276. The second-order valence-electron chi connectivity index (χ2n) is 6.02. The lowest BCUT2D eigenvalue weighted by Crippen LogP contribution is -2.59. The van der Waals surface area contributed by atoms with Gasteiger partial charge in [0.05, 0.1) is 12.1 Å². The fraction of sp³-hybridized carbons (Fsp3) is 1.00. The highest BCUT2D eigenvalue weighted by Gasteiger charge is 2.47. The normalized spacial score (nSPS) is 25.1. The lowest BCUT2D eigenvalue weighted by atomic mass is 9.92. The molecule has 0 aromatic rings. The summed E-state index contributed by atoms with van der Waals surface area (Å²) >= 11 is 0. The molecule has 94 valence electrons. The van der Waals surface area contributed by atoms with Crippen LogP contribution in [0.4, 0.5) is 0 Å². The molecule has 0 bridgehead atoms. The second-order valence-corrected chi connectivity index (χ2v) is 6.02. The van der Waals surface area contributed by atoms with Crippen molar-refractivity contribution in [2.24, 2.45) is 5.92 Å². The average Bonchev–Trinajstić information content (AvgIpc) is 3.09. The van der Waals surface area contributed by atoms with E-state index >= 15 is 0 Å². The van der Waals surface area contributed by atoms with E-state index in [-0.39, 0.29) is 12.1 Å². The lowest BCUT2D eigenvalue weighted by molar-refractivity contribution is 0.0881. The van der Waals surface area contributed by atoms with E-state index < -0.39 is 0 Å². The van der Waals surface area contributed by atoms with Crippen LogP contribution < -0.4 is 5.32 Å². The van der Waals surface area contributed by atoms with Gasteiger partial charge >= 0.3 is 0 Å². The Morgan fingerprint density at radius 1 is 1.31 bits per heavy atom. The highest BCUT2D eigenvalue weighted by Crippen LogP contribution is 2.41. The first kappa shape index (κ1) is 12.3. The number of hydrogen-bond acceptors (Lipinski definition) is 3. The molecule has 2 saturated carbocycles. The van der Waals surface area contributed by atoms with Gasteiger partial charge in [0.25, 0.3) is 0 Å². The van der Waals surface area contributed by atoms with Crippen molar-refractivity contribution in [3.05, 3.63) is 0 Å². The average molecular weight is 226 g/mol. The quantitative estimate of drug-likeness (QED) is 0.685. The predicted molar refractivity (Wildman–Crippen MR) is 66.5 cm³/mol. The lowest BCUT2D eigenvalue weighted by Gasteiger charge is -2.38. The van der Waals surface area contributed by atoms with Crippen LogP contribution in [0.5, 0.6) is 0 Å². The second kappa shape index (κ2) is 4.63. The zero-order valence-electron chi connectivity index (χ0n) is 10.9. The first-order chi connectivity index (χ1) is 7.57. The number of nitrogens with zero attached hydrogens (tertiary/aromatic N) is 1. The van der Waals surface area contributed by atoms with Crippen molar-refractivity contribution in [1.82, 2.24) is 10.2 Å². The number of likely N-dealkylation sites (N-methyl/N-ethyl adjacent to an activating group) is 1. The summed E-state index contributed by atoms with van der Waals surface area (Å²) in [6.45, 7) is 5.69. The van der Waals surface area contributed by atoms with Crippen LogP contribution in [0.25, 0.3) is 0 Å². The molecule has 2 N–H and O–H groups in total. The summed E-state index contributed by atoms with van der Waals surface area (Å²) in [5, 5.41) is 13.5. The van der Waals surface area contributed by atoms with Gasteiger partial charge in [0.2, 0.25) is 0 Å². The summed E-state index contributed by atoms with van der Waals surface area (Å²) in [6, 6.07) is 1.22. The Morgan fingerprint density at radius 2 is 1.94 bits per heavy atom. The van der Waals surface area contributed by atoms with Crippen LogP contribution in [0.1, 0.15) is 39.5 Å². The highest BCUT2D eigenvalue weighted by molar-refractivity contribution is 5.06. The molecule has 3 nitrogen and oxygen atoms in total. The molecule has 0 saturated heterocycles. The van der Waals surface area contributed by atoms with E-state index in [0.29, 0.717) is 18.0 Å². The Hall–Kier alpha value is -0.120. The maximum Gasteiger partial charge on any atom is 0.0628 e. The zero-order valence-corrected chi connectivity index (χ0v) is 10.9. The molecule has 0 aliphatic heterocycles. The van der Waals surface area contributed by atoms with Crippen molar-refractivity contribution in [2.75, 3.05) is 20.2 Å². The number of nitrogens with one attached hydrogen (secondary N) is 1. The van der Waals surface area contributed by atoms with Crippen molar-refractivity contribution < 1.29 is 5.11 Å². The van der Waals surface area contributed by atoms with E-state index in [1.54, 1.807) is 0 Å². The molecule has 0 heterocycles. The van der Waals surface area contributed by atoms with Gasteiger partial charge in [-0.1, -0.05) is 0 Å². The zero-order chi connectivity index (χ0) is 11.8. The first-order valence-corrected chi connectivity index (χ1v) is 6.66. The number of aliphatic hydroxyl groups is 1. The Balaban J connectivity index is 1.99. The molecular formula is C13H26N2O. The van der Waals surface area contributed by atoms with Gasteiger partial charge in [-0.2, -0.15) is 0 Å². The fourth-order valence-electron chi connectivity index (χ4n) is 2.42. The molecule has 2 aliphatic carbocycles. The van der Waals surface area contributed by atoms with Crippen LogP contribution in [-0.4, -0.2) is 47.8 Å². The van der Waals surface area contributed by atoms with Crippen molar-refractivity contribution in [3.8, 4) is 0 Å². The summed E-state index contributed by atoms with van der Waals surface area (Å²) in [7, 11) is 2.16. The Bertz CT molecular complexity index is 236. The van der Waals surface area contributed by atoms with Crippen LogP contribution in [0.15, 0.2) is 0 Å². The van der Waals surface area contributed by atoms with Crippen LogP contribution >= 0.6 is 0 Å². The largest absolute Gasteiger partial charge is 0.394 e. The fourth-order valence-corrected chi connectivity index (χ4v) is 2.42. The molecular weight excluding hydrogens is 200 g/mol. The van der Waals surface area contributed by atoms with Gasteiger partial charge < -0.3 is 15.3 Å². The van der Waals surface area contributed by atoms with Crippen LogP contribution in [0.2, 0.25) is 0 Å². The van der Waals surface area contributed by atoms with E-state index in [2.05, 4.69) is 31.1 Å².